The third-order valence-corrected chi connectivity index (χ3v) is 5.43. The Morgan fingerprint density at radius 2 is 2.13 bits per heavy atom. The number of halogens is 1. The number of carbonyl (C=O) groups excluding carboxylic acids is 1. The molecule has 1 saturated heterocycles. The van der Waals surface area contributed by atoms with Crippen molar-refractivity contribution in [3.63, 3.8) is 0 Å². The minimum Gasteiger partial charge on any atom is -0.380 e. The number of anilines is 1. The zero-order valence-electron chi connectivity index (χ0n) is 17.3. The highest BCUT2D eigenvalue weighted by atomic mass is 19.1. The number of amides is 2. The number of aromatic nitrogens is 3. The smallest absolute Gasteiger partial charge is 0.322 e. The Morgan fingerprint density at radius 1 is 1.30 bits per heavy atom. The van der Waals surface area contributed by atoms with Crippen LogP contribution in [0.25, 0.3) is 22.2 Å². The molecule has 156 valence electrons. The number of fused-ring (bicyclic) bond motifs is 1. The number of aryl methyl sites for hydroxylation is 2. The fourth-order valence-corrected chi connectivity index (χ4v) is 3.65. The van der Waals surface area contributed by atoms with Gasteiger partial charge in [0.2, 0.25) is 0 Å². The van der Waals surface area contributed by atoms with Crippen molar-refractivity contribution in [2.45, 2.75) is 32.8 Å². The molecule has 2 amide bonds. The molecule has 0 unspecified atom stereocenters. The standard InChI is InChI=1S/C22H24FN5O2/c1-4-20-24-11-15-8-14(10-25-21(15)27-20)17-9-19(18(23)7-13(17)2)26-22(29)28-6-5-16(12-28)30-3/h7-11,16H,4-6,12H2,1-3H3,(H,26,29)/t16-/m1/s1. The number of methoxy groups -OCH3 is 1. The van der Waals surface area contributed by atoms with E-state index >= 15 is 0 Å². The second-order valence-corrected chi connectivity index (χ2v) is 7.45. The van der Waals surface area contributed by atoms with Gasteiger partial charge >= 0.3 is 6.03 Å². The molecule has 30 heavy (non-hydrogen) atoms. The first kappa shape index (κ1) is 20.2. The molecule has 3 heterocycles. The van der Waals surface area contributed by atoms with Crippen LogP contribution in [0.4, 0.5) is 14.9 Å². The second-order valence-electron chi connectivity index (χ2n) is 7.45. The van der Waals surface area contributed by atoms with E-state index in [1.54, 1.807) is 30.5 Å². The Hall–Kier alpha value is -3.13. The van der Waals surface area contributed by atoms with E-state index in [1.165, 1.54) is 6.07 Å². The minimum absolute atomic E-state index is 0.0216. The highest BCUT2D eigenvalue weighted by Gasteiger charge is 2.26. The van der Waals surface area contributed by atoms with Gasteiger partial charge < -0.3 is 15.0 Å². The normalized spacial score (nSPS) is 16.3. The lowest BCUT2D eigenvalue weighted by Crippen LogP contribution is -2.34. The van der Waals surface area contributed by atoms with E-state index in [1.807, 2.05) is 19.9 Å². The maximum Gasteiger partial charge on any atom is 0.322 e. The number of hydrogen-bond acceptors (Lipinski definition) is 5. The zero-order valence-corrected chi connectivity index (χ0v) is 17.3. The van der Waals surface area contributed by atoms with Crippen LogP contribution in [-0.4, -0.2) is 52.2 Å². The Kier molecular flexibility index (Phi) is 5.59. The molecule has 0 spiro atoms. The van der Waals surface area contributed by atoms with Crippen LogP contribution in [0, 0.1) is 12.7 Å². The average Bonchev–Trinajstić information content (AvgIpc) is 3.24. The van der Waals surface area contributed by atoms with Crippen LogP contribution in [0.1, 0.15) is 24.7 Å². The monoisotopic (exact) mass is 409 g/mol. The van der Waals surface area contributed by atoms with Gasteiger partial charge in [0.15, 0.2) is 5.65 Å². The molecule has 1 atom stereocenters. The number of ether oxygens (including phenoxy) is 1. The molecular weight excluding hydrogens is 385 g/mol. The van der Waals surface area contributed by atoms with E-state index in [-0.39, 0.29) is 17.8 Å². The number of benzene rings is 1. The Balaban J connectivity index is 1.63. The van der Waals surface area contributed by atoms with Crippen molar-refractivity contribution in [3.05, 3.63) is 47.8 Å². The van der Waals surface area contributed by atoms with Gasteiger partial charge in [-0.2, -0.15) is 0 Å². The third kappa shape index (κ3) is 3.95. The van der Waals surface area contributed by atoms with Gasteiger partial charge in [-0.3, -0.25) is 0 Å². The van der Waals surface area contributed by atoms with E-state index < -0.39 is 5.82 Å². The second kappa shape index (κ2) is 8.31. The van der Waals surface area contributed by atoms with Crippen molar-refractivity contribution in [3.8, 4) is 11.1 Å². The Labute approximate surface area is 174 Å². The first-order chi connectivity index (χ1) is 14.5. The first-order valence-electron chi connectivity index (χ1n) is 9.99. The molecular formula is C22H24FN5O2. The fraction of sp³-hybridized carbons (Fsp3) is 0.364. The summed E-state index contributed by atoms with van der Waals surface area (Å²) in [6, 6.07) is 4.67. The van der Waals surface area contributed by atoms with Crippen molar-refractivity contribution >= 4 is 22.8 Å². The molecule has 1 aliphatic heterocycles. The van der Waals surface area contributed by atoms with Crippen LogP contribution in [-0.2, 0) is 11.2 Å². The van der Waals surface area contributed by atoms with Crippen LogP contribution in [0.15, 0.2) is 30.6 Å². The number of nitrogens with one attached hydrogen (secondary N) is 1. The van der Waals surface area contributed by atoms with Crippen molar-refractivity contribution in [1.29, 1.82) is 0 Å². The van der Waals surface area contributed by atoms with E-state index in [2.05, 4.69) is 20.3 Å². The number of carbonyl (C=O) groups is 1. The average molecular weight is 409 g/mol. The van der Waals surface area contributed by atoms with Gasteiger partial charge in [0.05, 0.1) is 11.8 Å². The number of likely N-dealkylation sites (tertiary alicyclic amines) is 1. The largest absolute Gasteiger partial charge is 0.380 e. The Bertz CT molecular complexity index is 1100. The maximum absolute atomic E-state index is 14.6. The van der Waals surface area contributed by atoms with E-state index in [4.69, 9.17) is 4.74 Å². The summed E-state index contributed by atoms with van der Waals surface area (Å²) in [6.07, 6.45) is 4.99. The summed E-state index contributed by atoms with van der Waals surface area (Å²) < 4.78 is 19.9. The summed E-state index contributed by atoms with van der Waals surface area (Å²) in [6.45, 7) is 4.90. The number of hydrogen-bond donors (Lipinski definition) is 1. The topological polar surface area (TPSA) is 80.2 Å². The number of rotatable bonds is 4. The molecule has 0 bridgehead atoms. The van der Waals surface area contributed by atoms with Crippen molar-refractivity contribution in [2.75, 3.05) is 25.5 Å². The number of urea groups is 1. The van der Waals surface area contributed by atoms with Crippen LogP contribution in [0.5, 0.6) is 0 Å². The van der Waals surface area contributed by atoms with Crippen molar-refractivity contribution in [1.82, 2.24) is 19.9 Å². The summed E-state index contributed by atoms with van der Waals surface area (Å²) in [7, 11) is 1.63. The predicted molar refractivity (Wildman–Crippen MR) is 113 cm³/mol. The summed E-state index contributed by atoms with van der Waals surface area (Å²) in [5.74, 6) is 0.264. The third-order valence-electron chi connectivity index (χ3n) is 5.43. The van der Waals surface area contributed by atoms with E-state index in [0.29, 0.717) is 18.7 Å². The summed E-state index contributed by atoms with van der Waals surface area (Å²) in [5.41, 5.74) is 3.11. The van der Waals surface area contributed by atoms with Crippen LogP contribution >= 0.6 is 0 Å². The fourth-order valence-electron chi connectivity index (χ4n) is 3.65. The van der Waals surface area contributed by atoms with Crippen molar-refractivity contribution in [2.24, 2.45) is 0 Å². The summed E-state index contributed by atoms with van der Waals surface area (Å²) in [4.78, 5) is 27.4. The highest BCUT2D eigenvalue weighted by molar-refractivity contribution is 5.91. The quantitative estimate of drug-likeness (QED) is 0.706. The number of pyridine rings is 1. The molecule has 4 rings (SSSR count). The lowest BCUT2D eigenvalue weighted by Gasteiger charge is -2.18. The SMILES string of the molecule is CCc1ncc2cc(-c3cc(NC(=O)N4CC[C@@H](OC)C4)c(F)cc3C)cnc2n1. The molecule has 2 aromatic heterocycles. The van der Waals surface area contributed by atoms with Gasteiger partial charge in [0.1, 0.15) is 11.6 Å². The minimum atomic E-state index is -0.475. The van der Waals surface area contributed by atoms with Gasteiger partial charge in [0, 0.05) is 50.0 Å². The molecule has 0 saturated carbocycles. The van der Waals surface area contributed by atoms with Crippen LogP contribution in [0.2, 0.25) is 0 Å². The lowest BCUT2D eigenvalue weighted by atomic mass is 10.0. The van der Waals surface area contributed by atoms with Crippen LogP contribution < -0.4 is 5.32 Å². The summed E-state index contributed by atoms with van der Waals surface area (Å²) >= 11 is 0. The molecule has 1 fully saturated rings. The van der Waals surface area contributed by atoms with Crippen LogP contribution in [0.3, 0.4) is 0 Å². The van der Waals surface area contributed by atoms with E-state index in [0.717, 1.165) is 40.7 Å². The predicted octanol–water partition coefficient (Wildman–Crippen LogP) is 3.95. The van der Waals surface area contributed by atoms with E-state index in [9.17, 15) is 9.18 Å². The van der Waals surface area contributed by atoms with Gasteiger partial charge in [-0.05, 0) is 42.7 Å². The molecule has 7 nitrogen and oxygen atoms in total. The molecule has 1 aliphatic rings. The lowest BCUT2D eigenvalue weighted by molar-refractivity contribution is 0.111. The highest BCUT2D eigenvalue weighted by Crippen LogP contribution is 2.30. The zero-order chi connectivity index (χ0) is 21.3. The molecule has 1 aromatic carbocycles. The summed E-state index contributed by atoms with van der Waals surface area (Å²) in [5, 5.41) is 3.50. The van der Waals surface area contributed by atoms with Gasteiger partial charge in [-0.1, -0.05) is 6.92 Å². The molecule has 8 heteroatoms. The number of nitrogens with zero attached hydrogens (tertiary/aromatic N) is 4. The maximum atomic E-state index is 14.6. The van der Waals surface area contributed by atoms with Gasteiger partial charge in [-0.25, -0.2) is 24.1 Å². The van der Waals surface area contributed by atoms with Gasteiger partial charge in [0.25, 0.3) is 0 Å². The van der Waals surface area contributed by atoms with Crippen molar-refractivity contribution < 1.29 is 13.9 Å². The molecule has 3 aromatic rings. The Morgan fingerprint density at radius 3 is 2.87 bits per heavy atom. The van der Waals surface area contributed by atoms with Gasteiger partial charge in [-0.15, -0.1) is 0 Å². The molecule has 0 radical (unpaired) electrons. The first-order valence-corrected chi connectivity index (χ1v) is 9.99. The molecule has 0 aliphatic carbocycles. The molecule has 1 N–H and O–H groups in total.